The van der Waals surface area contributed by atoms with Gasteiger partial charge in [-0.25, -0.2) is 4.79 Å². The number of hydrogen-bond acceptors (Lipinski definition) is 3. The molecule has 162 valence electrons. The van der Waals surface area contributed by atoms with Crippen LogP contribution in [-0.4, -0.2) is 52.7 Å². The van der Waals surface area contributed by atoms with Gasteiger partial charge in [-0.15, -0.1) is 0 Å². The summed E-state index contributed by atoms with van der Waals surface area (Å²) in [6.07, 6.45) is -29.2. The zero-order chi connectivity index (χ0) is 22.5. The van der Waals surface area contributed by atoms with Crippen molar-refractivity contribution in [3.8, 4) is 0 Å². The summed E-state index contributed by atoms with van der Waals surface area (Å²) in [6, 6.07) is 0. The fourth-order valence-corrected chi connectivity index (χ4v) is 1.17. The predicted molar refractivity (Wildman–Crippen MR) is 50.3 cm³/mol. The van der Waals surface area contributed by atoms with Crippen molar-refractivity contribution in [3.05, 3.63) is 0 Å². The van der Waals surface area contributed by atoms with Gasteiger partial charge in [-0.3, -0.25) is 9.47 Å². The molecule has 19 heteroatoms. The standard InChI is InChI=1S/C8HClF14O4/c9-5(14,15)3(12,6(16,17)18)27-8(22,23)4(13,7(19,20)21)26-2(10,11)1(24)25/h(H,24,25). The zero-order valence-electron chi connectivity index (χ0n) is 11.3. The molecule has 0 aromatic carbocycles. The van der Waals surface area contributed by atoms with E-state index in [2.05, 4.69) is 11.6 Å². The number of ether oxygens (including phenoxy) is 2. The molecule has 0 aromatic rings. The van der Waals surface area contributed by atoms with E-state index < -0.39 is 47.6 Å². The Hall–Kier alpha value is -1.30. The third-order valence-electron chi connectivity index (χ3n) is 2.25. The van der Waals surface area contributed by atoms with Gasteiger partial charge < -0.3 is 5.11 Å². The molecule has 0 bridgehead atoms. The van der Waals surface area contributed by atoms with Crippen molar-refractivity contribution in [1.82, 2.24) is 0 Å². The minimum atomic E-state index is -7.69. The molecule has 2 unspecified atom stereocenters. The molecule has 0 rings (SSSR count). The summed E-state index contributed by atoms with van der Waals surface area (Å²) in [7, 11) is 0. The van der Waals surface area contributed by atoms with Gasteiger partial charge in [0.25, 0.3) is 0 Å². The molecule has 0 saturated heterocycles. The first-order valence-electron chi connectivity index (χ1n) is 5.33. The molecule has 0 aliphatic carbocycles. The predicted octanol–water partition coefficient (Wildman–Crippen LogP) is 4.58. The average Bonchev–Trinajstić information content (AvgIpc) is 2.32. The molecule has 0 fully saturated rings. The van der Waals surface area contributed by atoms with Crippen molar-refractivity contribution in [2.24, 2.45) is 0 Å². The van der Waals surface area contributed by atoms with E-state index in [4.69, 9.17) is 5.11 Å². The largest absolute Gasteiger partial charge is 0.475 e. The molecular formula is C8HClF14O4. The van der Waals surface area contributed by atoms with Crippen LogP contribution in [0.3, 0.4) is 0 Å². The van der Waals surface area contributed by atoms with Crippen LogP contribution in [0.5, 0.6) is 0 Å². The van der Waals surface area contributed by atoms with Crippen molar-refractivity contribution in [2.45, 2.75) is 41.7 Å². The van der Waals surface area contributed by atoms with Crippen LogP contribution < -0.4 is 0 Å². The lowest BCUT2D eigenvalue weighted by molar-refractivity contribution is -0.535. The normalized spacial score (nSPS) is 19.4. The summed E-state index contributed by atoms with van der Waals surface area (Å²) in [5.74, 6) is -18.7. The molecule has 0 spiro atoms. The summed E-state index contributed by atoms with van der Waals surface area (Å²) in [4.78, 5) is 9.87. The van der Waals surface area contributed by atoms with Crippen LogP contribution in [0.15, 0.2) is 0 Å². The lowest BCUT2D eigenvalue weighted by atomic mass is 10.2. The second-order valence-corrected chi connectivity index (χ2v) is 4.70. The first-order valence-corrected chi connectivity index (χ1v) is 5.71. The fraction of sp³-hybridized carbons (Fsp3) is 0.875. The Kier molecular flexibility index (Phi) is 6.32. The summed E-state index contributed by atoms with van der Waals surface area (Å²) in [6.45, 7) is 0. The van der Waals surface area contributed by atoms with E-state index in [0.29, 0.717) is 0 Å². The molecule has 0 amide bonds. The van der Waals surface area contributed by atoms with E-state index in [1.807, 2.05) is 0 Å². The van der Waals surface area contributed by atoms with Gasteiger partial charge in [-0.1, -0.05) is 0 Å². The van der Waals surface area contributed by atoms with Crippen molar-refractivity contribution in [3.63, 3.8) is 0 Å². The fourth-order valence-electron chi connectivity index (χ4n) is 1.02. The molecule has 0 heterocycles. The van der Waals surface area contributed by atoms with Gasteiger partial charge in [0.15, 0.2) is 0 Å². The average molecular weight is 463 g/mol. The summed E-state index contributed by atoms with van der Waals surface area (Å²) >= 11 is 3.51. The lowest BCUT2D eigenvalue weighted by Crippen LogP contribution is -2.67. The van der Waals surface area contributed by atoms with Gasteiger partial charge in [-0.2, -0.15) is 61.5 Å². The van der Waals surface area contributed by atoms with Crippen LogP contribution in [0.4, 0.5) is 61.5 Å². The van der Waals surface area contributed by atoms with E-state index in [0.717, 1.165) is 0 Å². The number of alkyl halides is 15. The Balaban J connectivity index is 6.47. The number of halogens is 15. The molecule has 0 aromatic heterocycles. The summed E-state index contributed by atoms with van der Waals surface area (Å²) < 4.78 is 180. The SMILES string of the molecule is O=C(O)C(F)(F)OC(F)(C(F)(F)F)C(F)(F)OC(F)(C(F)(F)F)C(F)(F)Cl. The highest BCUT2D eigenvalue weighted by molar-refractivity contribution is 6.22. The maximum absolute atomic E-state index is 13.5. The molecule has 2 atom stereocenters. The Bertz CT molecular complexity index is 551. The summed E-state index contributed by atoms with van der Waals surface area (Å²) in [5.41, 5.74) is 0. The molecule has 0 saturated carbocycles. The molecular weight excluding hydrogens is 462 g/mol. The minimum Gasteiger partial charge on any atom is -0.475 e. The van der Waals surface area contributed by atoms with Crippen molar-refractivity contribution in [2.75, 3.05) is 0 Å². The van der Waals surface area contributed by atoms with E-state index in [1.165, 1.54) is 4.74 Å². The third-order valence-corrected chi connectivity index (χ3v) is 2.50. The van der Waals surface area contributed by atoms with Crippen molar-refractivity contribution < 1.29 is 80.8 Å². The van der Waals surface area contributed by atoms with Crippen LogP contribution in [0.1, 0.15) is 0 Å². The van der Waals surface area contributed by atoms with Crippen LogP contribution in [-0.2, 0) is 14.3 Å². The Labute approximate surface area is 141 Å². The Morgan fingerprint density at radius 3 is 1.22 bits per heavy atom. The van der Waals surface area contributed by atoms with Gasteiger partial charge in [-0.05, 0) is 11.6 Å². The van der Waals surface area contributed by atoms with Crippen molar-refractivity contribution >= 4 is 17.6 Å². The highest BCUT2D eigenvalue weighted by Crippen LogP contribution is 2.56. The molecule has 0 aliphatic rings. The second kappa shape index (κ2) is 6.64. The first-order chi connectivity index (χ1) is 11.4. The van der Waals surface area contributed by atoms with Crippen molar-refractivity contribution in [1.29, 1.82) is 0 Å². The van der Waals surface area contributed by atoms with Crippen LogP contribution >= 0.6 is 11.6 Å². The highest BCUT2D eigenvalue weighted by Gasteiger charge is 2.84. The van der Waals surface area contributed by atoms with E-state index in [1.54, 1.807) is 4.74 Å². The summed E-state index contributed by atoms with van der Waals surface area (Å²) in [5, 5.41) is 1.08. The monoisotopic (exact) mass is 462 g/mol. The Morgan fingerprint density at radius 1 is 0.667 bits per heavy atom. The molecule has 0 radical (unpaired) electrons. The molecule has 1 N–H and O–H groups in total. The smallest absolute Gasteiger partial charge is 0.459 e. The molecule has 0 aliphatic heterocycles. The number of carbonyl (C=O) groups is 1. The number of rotatable bonds is 7. The van der Waals surface area contributed by atoms with Gasteiger partial charge in [0.1, 0.15) is 0 Å². The quantitative estimate of drug-likeness (QED) is 0.445. The molecule has 4 nitrogen and oxygen atoms in total. The van der Waals surface area contributed by atoms with Gasteiger partial charge >= 0.3 is 47.6 Å². The van der Waals surface area contributed by atoms with E-state index in [9.17, 15) is 66.3 Å². The Morgan fingerprint density at radius 2 is 1.00 bits per heavy atom. The van der Waals surface area contributed by atoms with E-state index in [-0.39, 0.29) is 0 Å². The van der Waals surface area contributed by atoms with Gasteiger partial charge in [0.2, 0.25) is 0 Å². The maximum atomic E-state index is 13.5. The minimum absolute atomic E-state index is 1.52. The number of carboxylic acid groups (broad SMARTS) is 1. The van der Waals surface area contributed by atoms with Crippen LogP contribution in [0.25, 0.3) is 0 Å². The highest BCUT2D eigenvalue weighted by atomic mass is 35.5. The lowest BCUT2D eigenvalue weighted by Gasteiger charge is -2.39. The van der Waals surface area contributed by atoms with Crippen LogP contribution in [0.2, 0.25) is 0 Å². The van der Waals surface area contributed by atoms with Gasteiger partial charge in [0.05, 0.1) is 0 Å². The number of carboxylic acids is 1. The number of hydrogen-bond donors (Lipinski definition) is 1. The molecule has 27 heavy (non-hydrogen) atoms. The van der Waals surface area contributed by atoms with E-state index >= 15 is 0 Å². The second-order valence-electron chi connectivity index (χ2n) is 4.23. The third kappa shape index (κ3) is 4.58. The number of aliphatic carboxylic acids is 1. The maximum Gasteiger partial charge on any atom is 0.459 e. The van der Waals surface area contributed by atoms with Gasteiger partial charge in [0, 0.05) is 0 Å². The first kappa shape index (κ1) is 25.7. The zero-order valence-corrected chi connectivity index (χ0v) is 12.1. The van der Waals surface area contributed by atoms with Crippen LogP contribution in [0, 0.1) is 0 Å². The topological polar surface area (TPSA) is 55.8 Å².